The van der Waals surface area contributed by atoms with Crippen molar-refractivity contribution in [2.24, 2.45) is 10.7 Å². The van der Waals surface area contributed by atoms with Crippen LogP contribution in [0, 0.1) is 0 Å². The minimum Gasteiger partial charge on any atom is -0.496 e. The van der Waals surface area contributed by atoms with E-state index >= 15 is 0 Å². The zero-order chi connectivity index (χ0) is 18.1. The summed E-state index contributed by atoms with van der Waals surface area (Å²) in [4.78, 5) is 6.44. The molecule has 1 aromatic heterocycles. The van der Waals surface area contributed by atoms with Gasteiger partial charge in [0, 0.05) is 19.2 Å². The highest BCUT2D eigenvalue weighted by molar-refractivity contribution is 5.98. The Bertz CT molecular complexity index is 959. The molecule has 0 radical (unpaired) electrons. The van der Waals surface area contributed by atoms with Gasteiger partial charge in [0.05, 0.1) is 12.7 Å². The third-order valence-electron chi connectivity index (χ3n) is 4.78. The normalized spacial score (nSPS) is 14.6. The van der Waals surface area contributed by atoms with E-state index in [9.17, 15) is 0 Å². The molecule has 0 atom stereocenters. The van der Waals surface area contributed by atoms with Crippen LogP contribution in [0.2, 0.25) is 0 Å². The Labute approximate surface area is 152 Å². The van der Waals surface area contributed by atoms with Gasteiger partial charge < -0.3 is 19.9 Å². The third kappa shape index (κ3) is 3.10. The zero-order valence-corrected chi connectivity index (χ0v) is 15.0. The molecule has 0 aliphatic heterocycles. The molecular weight excluding hydrogens is 328 g/mol. The maximum Gasteiger partial charge on any atom is 0.191 e. The van der Waals surface area contributed by atoms with E-state index in [1.165, 1.54) is 12.8 Å². The highest BCUT2D eigenvalue weighted by Crippen LogP contribution is 2.36. The van der Waals surface area contributed by atoms with Crippen molar-refractivity contribution < 1.29 is 9.26 Å². The van der Waals surface area contributed by atoms with Crippen LogP contribution < -0.4 is 10.5 Å². The molecule has 1 heterocycles. The zero-order valence-electron chi connectivity index (χ0n) is 15.0. The molecule has 0 bridgehead atoms. The Morgan fingerprint density at radius 3 is 2.88 bits per heavy atom. The molecule has 2 aromatic carbocycles. The maximum absolute atomic E-state index is 6.04. The highest BCUT2D eigenvalue weighted by atomic mass is 16.5. The Kier molecular flexibility index (Phi) is 4.24. The second kappa shape index (κ2) is 6.71. The molecule has 6 heteroatoms. The molecule has 134 valence electrons. The smallest absolute Gasteiger partial charge is 0.191 e. The quantitative estimate of drug-likeness (QED) is 0.564. The number of rotatable bonds is 5. The first kappa shape index (κ1) is 16.4. The van der Waals surface area contributed by atoms with Crippen molar-refractivity contribution in [3.63, 3.8) is 0 Å². The number of nitrogens with two attached hydrogens (primary N) is 1. The van der Waals surface area contributed by atoms with Crippen LogP contribution in [0.4, 0.5) is 0 Å². The average Bonchev–Trinajstić information content (AvgIpc) is 3.43. The Balaban J connectivity index is 1.64. The summed E-state index contributed by atoms with van der Waals surface area (Å²) in [6, 6.07) is 14.6. The fourth-order valence-electron chi connectivity index (χ4n) is 3.11. The lowest BCUT2D eigenvalue weighted by molar-refractivity contribution is 0.384. The van der Waals surface area contributed by atoms with E-state index in [4.69, 9.17) is 15.0 Å². The van der Waals surface area contributed by atoms with Gasteiger partial charge in [0.2, 0.25) is 0 Å². The number of hydrogen-bond donors (Lipinski definition) is 1. The van der Waals surface area contributed by atoms with Crippen molar-refractivity contribution in [3.8, 4) is 17.0 Å². The fraction of sp³-hybridized carbons (Fsp3) is 0.300. The number of fused-ring (bicyclic) bond motifs is 1. The van der Waals surface area contributed by atoms with Crippen LogP contribution in [-0.4, -0.2) is 36.2 Å². The van der Waals surface area contributed by atoms with Crippen molar-refractivity contribution in [1.29, 1.82) is 0 Å². The molecule has 1 aliphatic rings. The van der Waals surface area contributed by atoms with E-state index in [0.29, 0.717) is 24.3 Å². The molecule has 0 unspecified atom stereocenters. The molecule has 0 saturated heterocycles. The number of hydrogen-bond acceptors (Lipinski definition) is 4. The SMILES string of the molecule is COc1ccc2ccccc2c1-c1cc(CN=C(N)N(C)C2CC2)on1. The summed E-state index contributed by atoms with van der Waals surface area (Å²) in [6.07, 6.45) is 2.36. The second-order valence-corrected chi connectivity index (χ2v) is 6.56. The molecular formula is C20H22N4O2. The van der Waals surface area contributed by atoms with Gasteiger partial charge in [-0.1, -0.05) is 35.5 Å². The monoisotopic (exact) mass is 350 g/mol. The number of ether oxygens (including phenoxy) is 1. The van der Waals surface area contributed by atoms with E-state index < -0.39 is 0 Å². The fourth-order valence-corrected chi connectivity index (χ4v) is 3.11. The average molecular weight is 350 g/mol. The molecule has 6 nitrogen and oxygen atoms in total. The molecule has 0 spiro atoms. The summed E-state index contributed by atoms with van der Waals surface area (Å²) in [5, 5.41) is 6.44. The standard InChI is InChI=1S/C20H22N4O2/c1-24(14-8-9-14)20(21)22-12-15-11-17(23-26-15)19-16-6-4-3-5-13(16)7-10-18(19)25-2/h3-7,10-11,14H,8-9,12H2,1-2H3,(H2,21,22). The lowest BCUT2D eigenvalue weighted by atomic mass is 10.0. The molecule has 1 saturated carbocycles. The summed E-state index contributed by atoms with van der Waals surface area (Å²) in [5.74, 6) is 1.97. The minimum absolute atomic E-state index is 0.364. The Morgan fingerprint density at radius 2 is 2.12 bits per heavy atom. The molecule has 2 N–H and O–H groups in total. The first-order valence-electron chi connectivity index (χ1n) is 8.72. The van der Waals surface area contributed by atoms with Gasteiger partial charge in [-0.05, 0) is 29.7 Å². The predicted molar refractivity (Wildman–Crippen MR) is 102 cm³/mol. The predicted octanol–water partition coefficient (Wildman–Crippen LogP) is 3.41. The molecule has 3 aromatic rings. The number of guanidine groups is 1. The Morgan fingerprint density at radius 1 is 1.31 bits per heavy atom. The van der Waals surface area contributed by atoms with Crippen LogP contribution in [0.3, 0.4) is 0 Å². The largest absolute Gasteiger partial charge is 0.496 e. The van der Waals surface area contributed by atoms with Crippen molar-refractivity contribution >= 4 is 16.7 Å². The van der Waals surface area contributed by atoms with Gasteiger partial charge >= 0.3 is 0 Å². The van der Waals surface area contributed by atoms with Crippen LogP contribution in [0.15, 0.2) is 52.0 Å². The molecule has 0 amide bonds. The van der Waals surface area contributed by atoms with Crippen molar-refractivity contribution in [2.45, 2.75) is 25.4 Å². The number of nitrogens with zero attached hydrogens (tertiary/aromatic N) is 3. The van der Waals surface area contributed by atoms with Gasteiger partial charge in [0.25, 0.3) is 0 Å². The van der Waals surface area contributed by atoms with E-state index in [1.54, 1.807) is 7.11 Å². The van der Waals surface area contributed by atoms with Crippen molar-refractivity contribution in [2.75, 3.05) is 14.2 Å². The lowest BCUT2D eigenvalue weighted by Crippen LogP contribution is -2.35. The molecule has 1 fully saturated rings. The molecule has 26 heavy (non-hydrogen) atoms. The van der Waals surface area contributed by atoms with Crippen molar-refractivity contribution in [1.82, 2.24) is 10.1 Å². The summed E-state index contributed by atoms with van der Waals surface area (Å²) in [7, 11) is 3.64. The van der Waals surface area contributed by atoms with Crippen LogP contribution >= 0.6 is 0 Å². The van der Waals surface area contributed by atoms with Gasteiger partial charge in [-0.2, -0.15) is 0 Å². The van der Waals surface area contributed by atoms with Gasteiger partial charge in [-0.25, -0.2) is 4.99 Å². The van der Waals surface area contributed by atoms with Crippen LogP contribution in [0.1, 0.15) is 18.6 Å². The topological polar surface area (TPSA) is 76.9 Å². The number of aliphatic imine (C=N–C) groups is 1. The second-order valence-electron chi connectivity index (χ2n) is 6.56. The summed E-state index contributed by atoms with van der Waals surface area (Å²) < 4.78 is 11.0. The molecule has 1 aliphatic carbocycles. The van der Waals surface area contributed by atoms with Gasteiger partial charge in [0.15, 0.2) is 11.7 Å². The van der Waals surface area contributed by atoms with Gasteiger partial charge in [-0.15, -0.1) is 0 Å². The van der Waals surface area contributed by atoms with E-state index in [1.807, 2.05) is 42.3 Å². The number of benzene rings is 2. The van der Waals surface area contributed by atoms with E-state index in [2.05, 4.69) is 22.3 Å². The summed E-state index contributed by atoms with van der Waals surface area (Å²) in [6.45, 7) is 0.364. The van der Waals surface area contributed by atoms with Gasteiger partial charge in [0.1, 0.15) is 18.0 Å². The van der Waals surface area contributed by atoms with Crippen LogP contribution in [0.5, 0.6) is 5.75 Å². The lowest BCUT2D eigenvalue weighted by Gasteiger charge is -2.16. The van der Waals surface area contributed by atoms with Crippen LogP contribution in [-0.2, 0) is 6.54 Å². The maximum atomic E-state index is 6.04. The molecule has 4 rings (SSSR count). The number of aromatic nitrogens is 1. The highest BCUT2D eigenvalue weighted by Gasteiger charge is 2.27. The minimum atomic E-state index is 0.364. The van der Waals surface area contributed by atoms with E-state index in [-0.39, 0.29) is 0 Å². The van der Waals surface area contributed by atoms with Crippen molar-refractivity contribution in [3.05, 3.63) is 48.2 Å². The third-order valence-corrected chi connectivity index (χ3v) is 4.78. The van der Waals surface area contributed by atoms with Gasteiger partial charge in [-0.3, -0.25) is 0 Å². The Hall–Kier alpha value is -3.02. The number of methoxy groups -OCH3 is 1. The van der Waals surface area contributed by atoms with E-state index in [0.717, 1.165) is 27.8 Å². The van der Waals surface area contributed by atoms with Crippen LogP contribution in [0.25, 0.3) is 22.0 Å². The summed E-state index contributed by atoms with van der Waals surface area (Å²) in [5.41, 5.74) is 7.70. The summed E-state index contributed by atoms with van der Waals surface area (Å²) >= 11 is 0. The first-order valence-corrected chi connectivity index (χ1v) is 8.72. The first-order chi connectivity index (χ1) is 12.7.